The zero-order valence-electron chi connectivity index (χ0n) is 17.2. The molecule has 31 heavy (non-hydrogen) atoms. The first kappa shape index (κ1) is 20.3. The van der Waals surface area contributed by atoms with Crippen LogP contribution in [0.15, 0.2) is 66.7 Å². The van der Waals surface area contributed by atoms with Gasteiger partial charge in [-0.1, -0.05) is 48.5 Å². The summed E-state index contributed by atoms with van der Waals surface area (Å²) >= 11 is 0. The number of carbonyl (C=O) groups excluding carboxylic acids is 1. The molecule has 0 radical (unpaired) electrons. The monoisotopic (exact) mass is 418 g/mol. The SMILES string of the molecule is COc1ccc([C@@H]2Nc3ccccc3C(=O)N2Cc2ccccc2)c(C(=O)O)c1OC. The number of para-hydroxylation sites is 1. The number of carbonyl (C=O) groups is 2. The van der Waals surface area contributed by atoms with Gasteiger partial charge in [0.25, 0.3) is 5.91 Å². The standard InChI is InChI=1S/C24H22N2O5/c1-30-19-13-12-17(20(24(28)29)21(19)31-2)22-25-18-11-7-6-10-16(18)23(27)26(22)14-15-8-4-3-5-9-15/h3-13,22,25H,14H2,1-2H3,(H,28,29)/t22-/m1/s1. The number of nitrogens with zero attached hydrogens (tertiary/aromatic N) is 1. The second-order valence-electron chi connectivity index (χ2n) is 7.08. The van der Waals surface area contributed by atoms with E-state index in [1.54, 1.807) is 35.2 Å². The molecule has 4 rings (SSSR count). The van der Waals surface area contributed by atoms with Crippen LogP contribution < -0.4 is 14.8 Å². The van der Waals surface area contributed by atoms with E-state index in [4.69, 9.17) is 9.47 Å². The Morgan fingerprint density at radius 1 is 1.00 bits per heavy atom. The molecule has 158 valence electrons. The Balaban J connectivity index is 1.88. The van der Waals surface area contributed by atoms with Crippen LogP contribution in [0.1, 0.15) is 38.0 Å². The highest BCUT2D eigenvalue weighted by atomic mass is 16.5. The third-order valence-electron chi connectivity index (χ3n) is 5.30. The number of benzene rings is 3. The number of nitrogens with one attached hydrogen (secondary N) is 1. The zero-order chi connectivity index (χ0) is 22.0. The van der Waals surface area contributed by atoms with Gasteiger partial charge in [-0.2, -0.15) is 0 Å². The smallest absolute Gasteiger partial charge is 0.340 e. The number of carboxylic acid groups (broad SMARTS) is 1. The van der Waals surface area contributed by atoms with Gasteiger partial charge in [-0.15, -0.1) is 0 Å². The van der Waals surface area contributed by atoms with E-state index in [1.165, 1.54) is 14.2 Å². The minimum Gasteiger partial charge on any atom is -0.493 e. The number of hydrogen-bond donors (Lipinski definition) is 2. The summed E-state index contributed by atoms with van der Waals surface area (Å²) in [5, 5.41) is 13.3. The van der Waals surface area contributed by atoms with Gasteiger partial charge in [-0.05, 0) is 23.8 Å². The number of fused-ring (bicyclic) bond motifs is 1. The van der Waals surface area contributed by atoms with Crippen molar-refractivity contribution in [3.8, 4) is 11.5 Å². The maximum absolute atomic E-state index is 13.4. The van der Waals surface area contributed by atoms with Crippen molar-refractivity contribution in [3.63, 3.8) is 0 Å². The number of carboxylic acids is 1. The van der Waals surface area contributed by atoms with Crippen LogP contribution in [0.4, 0.5) is 5.69 Å². The molecule has 0 saturated heterocycles. The van der Waals surface area contributed by atoms with E-state index in [0.29, 0.717) is 29.1 Å². The Morgan fingerprint density at radius 3 is 2.39 bits per heavy atom. The van der Waals surface area contributed by atoms with Crippen molar-refractivity contribution in [2.45, 2.75) is 12.7 Å². The fourth-order valence-electron chi connectivity index (χ4n) is 3.87. The van der Waals surface area contributed by atoms with Crippen molar-refractivity contribution in [3.05, 3.63) is 89.0 Å². The summed E-state index contributed by atoms with van der Waals surface area (Å²) in [7, 11) is 2.84. The minimum atomic E-state index is -1.17. The highest BCUT2D eigenvalue weighted by molar-refractivity contribution is 6.02. The van der Waals surface area contributed by atoms with Gasteiger partial charge in [0.2, 0.25) is 0 Å². The topological polar surface area (TPSA) is 88.1 Å². The molecule has 0 saturated carbocycles. The molecule has 3 aromatic carbocycles. The Kier molecular flexibility index (Phi) is 5.49. The number of amides is 1. The van der Waals surface area contributed by atoms with Crippen LogP contribution in [0.3, 0.4) is 0 Å². The van der Waals surface area contributed by atoms with Gasteiger partial charge in [-0.25, -0.2) is 4.79 Å². The molecule has 0 aliphatic carbocycles. The second-order valence-corrected chi connectivity index (χ2v) is 7.08. The normalized spacial score (nSPS) is 15.1. The lowest BCUT2D eigenvalue weighted by Crippen LogP contribution is -2.43. The molecule has 1 atom stereocenters. The van der Waals surface area contributed by atoms with E-state index in [1.807, 2.05) is 36.4 Å². The quantitative estimate of drug-likeness (QED) is 0.625. The highest BCUT2D eigenvalue weighted by Gasteiger charge is 2.36. The molecule has 0 bridgehead atoms. The fraction of sp³-hybridized carbons (Fsp3) is 0.167. The van der Waals surface area contributed by atoms with Crippen LogP contribution in [0.5, 0.6) is 11.5 Å². The van der Waals surface area contributed by atoms with Crippen LogP contribution in [0.25, 0.3) is 0 Å². The van der Waals surface area contributed by atoms with Gasteiger partial charge >= 0.3 is 5.97 Å². The lowest BCUT2D eigenvalue weighted by atomic mass is 9.97. The van der Waals surface area contributed by atoms with Crippen molar-refractivity contribution >= 4 is 17.6 Å². The number of methoxy groups -OCH3 is 2. The molecular weight excluding hydrogens is 396 g/mol. The number of ether oxygens (including phenoxy) is 2. The van der Waals surface area contributed by atoms with Crippen molar-refractivity contribution in [1.82, 2.24) is 4.90 Å². The Morgan fingerprint density at radius 2 is 1.71 bits per heavy atom. The molecule has 7 heteroatoms. The Labute approximate surface area is 179 Å². The number of rotatable bonds is 6. The fourth-order valence-corrected chi connectivity index (χ4v) is 3.87. The molecule has 7 nitrogen and oxygen atoms in total. The van der Waals surface area contributed by atoms with Crippen molar-refractivity contribution in [2.75, 3.05) is 19.5 Å². The molecule has 1 amide bonds. The van der Waals surface area contributed by atoms with Gasteiger partial charge in [0.15, 0.2) is 11.5 Å². The van der Waals surface area contributed by atoms with E-state index in [9.17, 15) is 14.7 Å². The maximum Gasteiger partial charge on any atom is 0.340 e. The summed E-state index contributed by atoms with van der Waals surface area (Å²) in [6, 6.07) is 20.1. The first-order chi connectivity index (χ1) is 15.0. The first-order valence-electron chi connectivity index (χ1n) is 9.73. The molecule has 1 heterocycles. The van der Waals surface area contributed by atoms with Crippen molar-refractivity contribution in [1.29, 1.82) is 0 Å². The molecule has 0 aromatic heterocycles. The van der Waals surface area contributed by atoms with Gasteiger partial charge in [0, 0.05) is 17.8 Å². The van der Waals surface area contributed by atoms with E-state index in [2.05, 4.69) is 5.32 Å². The third kappa shape index (κ3) is 3.66. The molecule has 2 N–H and O–H groups in total. The maximum atomic E-state index is 13.4. The Hall–Kier alpha value is -4.00. The largest absolute Gasteiger partial charge is 0.493 e. The van der Waals surface area contributed by atoms with Crippen molar-refractivity contribution < 1.29 is 24.2 Å². The lowest BCUT2D eigenvalue weighted by molar-refractivity contribution is 0.0640. The van der Waals surface area contributed by atoms with Crippen LogP contribution in [-0.2, 0) is 6.54 Å². The molecule has 0 spiro atoms. The predicted molar refractivity (Wildman–Crippen MR) is 116 cm³/mol. The average Bonchev–Trinajstić information content (AvgIpc) is 2.80. The number of anilines is 1. The van der Waals surface area contributed by atoms with E-state index in [-0.39, 0.29) is 17.2 Å². The van der Waals surface area contributed by atoms with Gasteiger partial charge in [0.05, 0.1) is 19.8 Å². The summed E-state index contributed by atoms with van der Waals surface area (Å²) in [4.78, 5) is 27.3. The third-order valence-corrected chi connectivity index (χ3v) is 5.30. The number of hydrogen-bond acceptors (Lipinski definition) is 5. The molecule has 0 unspecified atom stereocenters. The minimum absolute atomic E-state index is 0.0513. The highest BCUT2D eigenvalue weighted by Crippen LogP contribution is 2.41. The number of aromatic carboxylic acids is 1. The molecular formula is C24H22N2O5. The molecule has 0 fully saturated rings. The van der Waals surface area contributed by atoms with Gasteiger partial charge < -0.3 is 24.8 Å². The summed E-state index contributed by atoms with van der Waals surface area (Å²) in [6.45, 7) is 0.305. The first-order valence-corrected chi connectivity index (χ1v) is 9.73. The van der Waals surface area contributed by atoms with Gasteiger partial charge in [-0.3, -0.25) is 4.79 Å². The lowest BCUT2D eigenvalue weighted by Gasteiger charge is -2.39. The molecule has 1 aliphatic heterocycles. The van der Waals surface area contributed by atoms with Crippen LogP contribution in [-0.4, -0.2) is 36.1 Å². The van der Waals surface area contributed by atoms with Gasteiger partial charge in [0.1, 0.15) is 11.7 Å². The van der Waals surface area contributed by atoms with E-state index >= 15 is 0 Å². The summed E-state index contributed by atoms with van der Waals surface area (Å²) in [5.41, 5.74) is 2.47. The van der Waals surface area contributed by atoms with E-state index in [0.717, 1.165) is 5.56 Å². The Bertz CT molecular complexity index is 1130. The van der Waals surface area contributed by atoms with E-state index < -0.39 is 12.1 Å². The summed E-state index contributed by atoms with van der Waals surface area (Å²) < 4.78 is 10.7. The van der Waals surface area contributed by atoms with Crippen LogP contribution in [0.2, 0.25) is 0 Å². The summed E-state index contributed by atoms with van der Waals surface area (Å²) in [6.07, 6.45) is -0.714. The molecule has 3 aromatic rings. The van der Waals surface area contributed by atoms with Crippen LogP contribution >= 0.6 is 0 Å². The van der Waals surface area contributed by atoms with Crippen molar-refractivity contribution in [2.24, 2.45) is 0 Å². The summed E-state index contributed by atoms with van der Waals surface area (Å²) in [5.74, 6) is -0.936. The molecule has 1 aliphatic rings. The second kappa shape index (κ2) is 8.39. The zero-order valence-corrected chi connectivity index (χ0v) is 17.2. The average molecular weight is 418 g/mol. The predicted octanol–water partition coefficient (Wildman–Crippen LogP) is 4.17. The van der Waals surface area contributed by atoms with Crippen LogP contribution in [0, 0.1) is 0 Å².